The molecule has 0 radical (unpaired) electrons. The number of rotatable bonds is 9. The van der Waals surface area contributed by atoms with Crippen LogP contribution in [-0.2, 0) is 24.8 Å². The van der Waals surface area contributed by atoms with Crippen LogP contribution in [0, 0.1) is 5.92 Å². The van der Waals surface area contributed by atoms with Crippen LogP contribution in [0.1, 0.15) is 19.8 Å². The van der Waals surface area contributed by atoms with E-state index in [2.05, 4.69) is 10.0 Å². The van der Waals surface area contributed by atoms with E-state index in [0.29, 0.717) is 32.5 Å². The molecule has 0 aromatic heterocycles. The number of hydrogen-bond acceptors (Lipinski definition) is 6. The number of sulfonamides is 2. The first-order chi connectivity index (χ1) is 10.7. The standard InChI is InChI=1S/C12H26N4O5S2/c1-2-22(18,19)15-7-9-23(20,21)16-8-3-4-11(10-16)12(17)14-6-5-13/h11,15H,2-10,13H2,1H3,(H,14,17). The van der Waals surface area contributed by atoms with Crippen LogP contribution in [0.2, 0.25) is 0 Å². The van der Waals surface area contributed by atoms with Gasteiger partial charge in [0.15, 0.2) is 0 Å². The van der Waals surface area contributed by atoms with E-state index in [-0.39, 0.29) is 30.5 Å². The first-order valence-electron chi connectivity index (χ1n) is 7.64. The number of carbonyl (C=O) groups excluding carboxylic acids is 1. The molecule has 1 heterocycles. The van der Waals surface area contributed by atoms with E-state index in [9.17, 15) is 21.6 Å². The van der Waals surface area contributed by atoms with Crippen molar-refractivity contribution in [2.75, 3.05) is 44.2 Å². The maximum absolute atomic E-state index is 12.3. The SMILES string of the molecule is CCS(=O)(=O)NCCS(=O)(=O)N1CCCC(C(=O)NCCN)C1. The number of nitrogens with two attached hydrogens (primary N) is 1. The zero-order valence-corrected chi connectivity index (χ0v) is 15.0. The van der Waals surface area contributed by atoms with Crippen molar-refractivity contribution in [3.63, 3.8) is 0 Å². The van der Waals surface area contributed by atoms with Crippen molar-refractivity contribution < 1.29 is 21.6 Å². The fourth-order valence-electron chi connectivity index (χ4n) is 2.31. The van der Waals surface area contributed by atoms with Crippen LogP contribution in [0.25, 0.3) is 0 Å². The Morgan fingerprint density at radius 3 is 2.57 bits per heavy atom. The maximum Gasteiger partial charge on any atom is 0.224 e. The van der Waals surface area contributed by atoms with Crippen molar-refractivity contribution in [2.45, 2.75) is 19.8 Å². The number of carbonyl (C=O) groups is 1. The molecule has 0 spiro atoms. The highest BCUT2D eigenvalue weighted by Gasteiger charge is 2.32. The molecule has 11 heteroatoms. The first-order valence-corrected chi connectivity index (χ1v) is 10.9. The van der Waals surface area contributed by atoms with Crippen LogP contribution in [0.4, 0.5) is 0 Å². The van der Waals surface area contributed by atoms with Gasteiger partial charge in [0.25, 0.3) is 0 Å². The Labute approximate surface area is 138 Å². The van der Waals surface area contributed by atoms with Gasteiger partial charge in [0.2, 0.25) is 26.0 Å². The zero-order chi connectivity index (χ0) is 17.5. The molecule has 0 bridgehead atoms. The highest BCUT2D eigenvalue weighted by molar-refractivity contribution is 7.90. The molecule has 1 saturated heterocycles. The van der Waals surface area contributed by atoms with Gasteiger partial charge >= 0.3 is 0 Å². The molecule has 1 aliphatic heterocycles. The molecule has 1 amide bonds. The van der Waals surface area contributed by atoms with Crippen molar-refractivity contribution in [1.82, 2.24) is 14.3 Å². The third kappa shape index (κ3) is 6.71. The van der Waals surface area contributed by atoms with Gasteiger partial charge in [0, 0.05) is 32.7 Å². The van der Waals surface area contributed by atoms with Crippen molar-refractivity contribution in [1.29, 1.82) is 0 Å². The molecule has 0 aromatic carbocycles. The molecule has 9 nitrogen and oxygen atoms in total. The predicted molar refractivity (Wildman–Crippen MR) is 87.6 cm³/mol. The second kappa shape index (κ2) is 8.92. The lowest BCUT2D eigenvalue weighted by Crippen LogP contribution is -2.47. The number of amides is 1. The average molecular weight is 370 g/mol. The molecule has 1 unspecified atom stereocenters. The Morgan fingerprint density at radius 2 is 1.96 bits per heavy atom. The third-order valence-electron chi connectivity index (χ3n) is 3.65. The van der Waals surface area contributed by atoms with E-state index in [4.69, 9.17) is 5.73 Å². The van der Waals surface area contributed by atoms with Crippen LogP contribution in [0.3, 0.4) is 0 Å². The highest BCUT2D eigenvalue weighted by Crippen LogP contribution is 2.19. The Hall–Kier alpha value is -0.750. The lowest BCUT2D eigenvalue weighted by molar-refractivity contribution is -0.126. The molecule has 23 heavy (non-hydrogen) atoms. The van der Waals surface area contributed by atoms with Crippen molar-refractivity contribution in [3.8, 4) is 0 Å². The van der Waals surface area contributed by atoms with Gasteiger partial charge in [-0.3, -0.25) is 4.79 Å². The molecule has 0 aliphatic carbocycles. The molecule has 4 N–H and O–H groups in total. The van der Waals surface area contributed by atoms with Crippen LogP contribution >= 0.6 is 0 Å². The van der Waals surface area contributed by atoms with Gasteiger partial charge < -0.3 is 11.1 Å². The molecule has 1 atom stereocenters. The summed E-state index contributed by atoms with van der Waals surface area (Å²) in [6, 6.07) is 0. The monoisotopic (exact) mass is 370 g/mol. The first kappa shape index (κ1) is 20.3. The summed E-state index contributed by atoms with van der Waals surface area (Å²) in [5.41, 5.74) is 5.33. The van der Waals surface area contributed by atoms with Crippen LogP contribution in [-0.4, -0.2) is 71.3 Å². The summed E-state index contributed by atoms with van der Waals surface area (Å²) < 4.78 is 50.7. The summed E-state index contributed by atoms with van der Waals surface area (Å²) >= 11 is 0. The number of nitrogens with zero attached hydrogens (tertiary/aromatic N) is 1. The lowest BCUT2D eigenvalue weighted by atomic mass is 9.99. The minimum absolute atomic E-state index is 0.0971. The average Bonchev–Trinajstić information content (AvgIpc) is 2.52. The smallest absolute Gasteiger partial charge is 0.224 e. The van der Waals surface area contributed by atoms with Gasteiger partial charge in [0.05, 0.1) is 17.4 Å². The van der Waals surface area contributed by atoms with Crippen LogP contribution < -0.4 is 15.8 Å². The second-order valence-electron chi connectivity index (χ2n) is 5.39. The largest absolute Gasteiger partial charge is 0.355 e. The normalized spacial score (nSPS) is 20.3. The molecular formula is C12H26N4O5S2. The fraction of sp³-hybridized carbons (Fsp3) is 0.917. The highest BCUT2D eigenvalue weighted by atomic mass is 32.2. The summed E-state index contributed by atoms with van der Waals surface area (Å²) in [5.74, 6) is -0.997. The van der Waals surface area contributed by atoms with Crippen LogP contribution in [0.5, 0.6) is 0 Å². The minimum atomic E-state index is -3.60. The van der Waals surface area contributed by atoms with Crippen molar-refractivity contribution in [3.05, 3.63) is 0 Å². The van der Waals surface area contributed by atoms with Gasteiger partial charge in [-0.2, -0.15) is 0 Å². The van der Waals surface area contributed by atoms with E-state index in [0.717, 1.165) is 0 Å². The van der Waals surface area contributed by atoms with E-state index in [1.54, 1.807) is 0 Å². The van der Waals surface area contributed by atoms with E-state index < -0.39 is 26.0 Å². The molecule has 1 rings (SSSR count). The zero-order valence-electron chi connectivity index (χ0n) is 13.3. The summed E-state index contributed by atoms with van der Waals surface area (Å²) in [4.78, 5) is 11.9. The summed E-state index contributed by atoms with van der Waals surface area (Å²) in [7, 11) is -7.02. The second-order valence-corrected chi connectivity index (χ2v) is 9.57. The van der Waals surface area contributed by atoms with Crippen LogP contribution in [0.15, 0.2) is 0 Å². The van der Waals surface area contributed by atoms with Crippen molar-refractivity contribution in [2.24, 2.45) is 11.7 Å². The van der Waals surface area contributed by atoms with Gasteiger partial charge in [-0.1, -0.05) is 0 Å². The Bertz CT molecular complexity index is 591. The molecule has 136 valence electrons. The van der Waals surface area contributed by atoms with Gasteiger partial charge in [0.1, 0.15) is 0 Å². The predicted octanol–water partition coefficient (Wildman–Crippen LogP) is -1.96. The quantitative estimate of drug-likeness (QED) is 0.431. The molecule has 0 saturated carbocycles. The third-order valence-corrected chi connectivity index (χ3v) is 6.90. The van der Waals surface area contributed by atoms with Crippen molar-refractivity contribution >= 4 is 26.0 Å². The summed E-state index contributed by atoms with van der Waals surface area (Å²) in [5, 5.41) is 2.67. The fourth-order valence-corrected chi connectivity index (χ4v) is 4.49. The van der Waals surface area contributed by atoms with E-state index in [1.165, 1.54) is 11.2 Å². The number of nitrogens with one attached hydrogen (secondary N) is 2. The lowest BCUT2D eigenvalue weighted by Gasteiger charge is -2.31. The molecule has 1 aliphatic rings. The Morgan fingerprint density at radius 1 is 1.26 bits per heavy atom. The Kier molecular flexibility index (Phi) is 7.87. The van der Waals surface area contributed by atoms with Gasteiger partial charge in [-0.15, -0.1) is 0 Å². The van der Waals surface area contributed by atoms with E-state index >= 15 is 0 Å². The topological polar surface area (TPSA) is 139 Å². The summed E-state index contributed by atoms with van der Waals surface area (Å²) in [6.07, 6.45) is 1.23. The molecule has 1 fully saturated rings. The molecular weight excluding hydrogens is 344 g/mol. The molecule has 0 aromatic rings. The minimum Gasteiger partial charge on any atom is -0.355 e. The Balaban J connectivity index is 2.57. The van der Waals surface area contributed by atoms with Gasteiger partial charge in [-0.25, -0.2) is 25.9 Å². The maximum atomic E-state index is 12.3. The number of piperidine rings is 1. The van der Waals surface area contributed by atoms with Gasteiger partial charge in [-0.05, 0) is 19.8 Å². The summed E-state index contributed by atoms with van der Waals surface area (Å²) in [6.45, 7) is 2.48. The van der Waals surface area contributed by atoms with E-state index in [1.807, 2.05) is 0 Å². The number of hydrogen-bond donors (Lipinski definition) is 3.